The molecule has 1 aliphatic rings. The molecule has 5 nitrogen and oxygen atoms in total. The van der Waals surface area contributed by atoms with Crippen molar-refractivity contribution in [2.75, 3.05) is 13.2 Å². The Morgan fingerprint density at radius 3 is 2.46 bits per heavy atom. The van der Waals surface area contributed by atoms with Crippen LogP contribution < -0.4 is 5.32 Å². The van der Waals surface area contributed by atoms with Crippen LogP contribution in [0.25, 0.3) is 6.08 Å². The molecule has 2 rings (SSSR count). The molecule has 144 valence electrons. The SMILES string of the molecule is CC(C)(C)NC(=O)OC1(/C=C\c2ccc(Br)cc2F)COC(C)(C)OC1. The Morgan fingerprint density at radius 2 is 1.92 bits per heavy atom. The lowest BCUT2D eigenvalue weighted by atomic mass is 10.0. The summed E-state index contributed by atoms with van der Waals surface area (Å²) in [5, 5.41) is 2.74. The van der Waals surface area contributed by atoms with Crippen molar-refractivity contribution in [3.05, 3.63) is 40.1 Å². The number of hydrogen-bond acceptors (Lipinski definition) is 4. The van der Waals surface area contributed by atoms with E-state index in [9.17, 15) is 9.18 Å². The van der Waals surface area contributed by atoms with Gasteiger partial charge in [-0.25, -0.2) is 9.18 Å². The zero-order chi connectivity index (χ0) is 19.6. The van der Waals surface area contributed by atoms with Crippen molar-refractivity contribution < 1.29 is 23.4 Å². The van der Waals surface area contributed by atoms with E-state index >= 15 is 0 Å². The summed E-state index contributed by atoms with van der Waals surface area (Å²) < 4.78 is 31.7. The summed E-state index contributed by atoms with van der Waals surface area (Å²) in [4.78, 5) is 12.3. The fourth-order valence-electron chi connectivity index (χ4n) is 2.26. The minimum Gasteiger partial charge on any atom is -0.434 e. The summed E-state index contributed by atoms with van der Waals surface area (Å²) in [6.45, 7) is 9.33. The van der Waals surface area contributed by atoms with Crippen molar-refractivity contribution in [3.63, 3.8) is 0 Å². The van der Waals surface area contributed by atoms with Crippen LogP contribution >= 0.6 is 15.9 Å². The van der Waals surface area contributed by atoms with E-state index in [-0.39, 0.29) is 19.0 Å². The van der Waals surface area contributed by atoms with Gasteiger partial charge in [0.1, 0.15) is 5.82 Å². The number of ether oxygens (including phenoxy) is 3. The molecule has 1 saturated heterocycles. The number of alkyl carbamates (subject to hydrolysis) is 1. The van der Waals surface area contributed by atoms with E-state index in [0.29, 0.717) is 10.0 Å². The maximum atomic E-state index is 14.1. The molecule has 0 saturated carbocycles. The zero-order valence-corrected chi connectivity index (χ0v) is 17.3. The van der Waals surface area contributed by atoms with E-state index in [1.807, 2.05) is 20.8 Å². The number of rotatable bonds is 3. The van der Waals surface area contributed by atoms with Crippen LogP contribution in [-0.2, 0) is 14.2 Å². The minimum absolute atomic E-state index is 0.103. The average molecular weight is 430 g/mol. The lowest BCUT2D eigenvalue weighted by molar-refractivity contribution is -0.289. The molecule has 1 heterocycles. The minimum atomic E-state index is -1.15. The van der Waals surface area contributed by atoms with Gasteiger partial charge in [0.25, 0.3) is 0 Å². The molecule has 0 aliphatic carbocycles. The Balaban J connectivity index is 2.23. The van der Waals surface area contributed by atoms with E-state index in [2.05, 4.69) is 21.2 Å². The molecule has 1 N–H and O–H groups in total. The van der Waals surface area contributed by atoms with Gasteiger partial charge in [-0.1, -0.05) is 28.1 Å². The van der Waals surface area contributed by atoms with Gasteiger partial charge in [-0.2, -0.15) is 0 Å². The van der Waals surface area contributed by atoms with Crippen LogP contribution in [0.15, 0.2) is 28.7 Å². The maximum Gasteiger partial charge on any atom is 0.408 e. The fourth-order valence-corrected chi connectivity index (χ4v) is 2.59. The number of nitrogens with one attached hydrogen (secondary N) is 1. The summed E-state index contributed by atoms with van der Waals surface area (Å²) in [5.74, 6) is -1.16. The van der Waals surface area contributed by atoms with Crippen molar-refractivity contribution in [3.8, 4) is 0 Å². The summed E-state index contributed by atoms with van der Waals surface area (Å²) in [6, 6.07) is 4.74. The Bertz CT molecular complexity index is 687. The van der Waals surface area contributed by atoms with Crippen LogP contribution in [0.1, 0.15) is 40.2 Å². The first-order valence-electron chi connectivity index (χ1n) is 8.33. The monoisotopic (exact) mass is 429 g/mol. The molecule has 0 atom stereocenters. The molecule has 1 aliphatic heterocycles. The second kappa shape index (κ2) is 7.66. The standard InChI is InChI=1S/C19H25BrFNO4/c1-17(2,3)22-16(23)26-19(11-24-18(4,5)25-12-19)9-8-13-6-7-14(20)10-15(13)21/h6-10H,11-12H2,1-5H3,(H,22,23)/b9-8-. The highest BCUT2D eigenvalue weighted by atomic mass is 79.9. The van der Waals surface area contributed by atoms with Gasteiger partial charge in [-0.3, -0.25) is 0 Å². The number of carbonyl (C=O) groups is 1. The predicted octanol–water partition coefficient (Wildman–Crippen LogP) is 4.65. The number of benzene rings is 1. The molecule has 0 radical (unpaired) electrons. The third kappa shape index (κ3) is 6.07. The lowest BCUT2D eigenvalue weighted by Gasteiger charge is -2.41. The number of carbonyl (C=O) groups excluding carboxylic acids is 1. The molecule has 1 aromatic rings. The van der Waals surface area contributed by atoms with E-state index in [1.165, 1.54) is 6.07 Å². The molecule has 1 amide bonds. The molecule has 0 bridgehead atoms. The number of hydrogen-bond donors (Lipinski definition) is 1. The van der Waals surface area contributed by atoms with Crippen molar-refractivity contribution >= 4 is 28.1 Å². The zero-order valence-electron chi connectivity index (χ0n) is 15.7. The first-order valence-corrected chi connectivity index (χ1v) is 9.12. The molecule has 0 spiro atoms. The van der Waals surface area contributed by atoms with Gasteiger partial charge in [0.2, 0.25) is 0 Å². The highest BCUT2D eigenvalue weighted by Gasteiger charge is 2.42. The summed E-state index contributed by atoms with van der Waals surface area (Å²) in [5.41, 5.74) is -1.22. The van der Waals surface area contributed by atoms with Crippen LogP contribution in [0.4, 0.5) is 9.18 Å². The quantitative estimate of drug-likeness (QED) is 0.759. The highest BCUT2D eigenvalue weighted by Crippen LogP contribution is 2.29. The van der Waals surface area contributed by atoms with Crippen molar-refractivity contribution in [1.29, 1.82) is 0 Å². The number of halogens is 2. The summed E-state index contributed by atoms with van der Waals surface area (Å²) in [6.07, 6.45) is 2.58. The van der Waals surface area contributed by atoms with Gasteiger partial charge < -0.3 is 19.5 Å². The molecule has 1 fully saturated rings. The van der Waals surface area contributed by atoms with E-state index in [4.69, 9.17) is 14.2 Å². The molecule has 7 heteroatoms. The second-order valence-electron chi connectivity index (χ2n) is 7.81. The first-order chi connectivity index (χ1) is 11.9. The Hall–Kier alpha value is -1.44. The Kier molecular flexibility index (Phi) is 6.15. The van der Waals surface area contributed by atoms with E-state index in [1.54, 1.807) is 38.1 Å². The smallest absolute Gasteiger partial charge is 0.408 e. The van der Waals surface area contributed by atoms with Crippen LogP contribution in [0.3, 0.4) is 0 Å². The van der Waals surface area contributed by atoms with E-state index in [0.717, 1.165) is 0 Å². The predicted molar refractivity (Wildman–Crippen MR) is 101 cm³/mol. The third-order valence-electron chi connectivity index (χ3n) is 3.63. The van der Waals surface area contributed by atoms with Gasteiger partial charge in [0.15, 0.2) is 11.4 Å². The van der Waals surface area contributed by atoms with Crippen molar-refractivity contribution in [1.82, 2.24) is 5.32 Å². The third-order valence-corrected chi connectivity index (χ3v) is 4.12. The number of amides is 1. The van der Waals surface area contributed by atoms with Crippen molar-refractivity contribution in [2.24, 2.45) is 0 Å². The Labute approximate surface area is 162 Å². The second-order valence-corrected chi connectivity index (χ2v) is 8.72. The Morgan fingerprint density at radius 1 is 1.31 bits per heavy atom. The molecular weight excluding hydrogens is 405 g/mol. The molecule has 1 aromatic carbocycles. The van der Waals surface area contributed by atoms with Crippen LogP contribution in [-0.4, -0.2) is 36.2 Å². The summed E-state index contributed by atoms with van der Waals surface area (Å²) in [7, 11) is 0. The molecule has 26 heavy (non-hydrogen) atoms. The van der Waals surface area contributed by atoms with E-state index < -0.39 is 23.0 Å². The van der Waals surface area contributed by atoms with Gasteiger partial charge in [-0.05, 0) is 52.8 Å². The van der Waals surface area contributed by atoms with Gasteiger partial charge in [0.05, 0.1) is 13.2 Å². The highest BCUT2D eigenvalue weighted by molar-refractivity contribution is 9.10. The maximum absolute atomic E-state index is 14.1. The first kappa shape index (κ1) is 20.9. The molecule has 0 unspecified atom stereocenters. The van der Waals surface area contributed by atoms with Crippen molar-refractivity contribution in [2.45, 2.75) is 51.5 Å². The lowest BCUT2D eigenvalue weighted by Crippen LogP contribution is -2.54. The van der Waals surface area contributed by atoms with Gasteiger partial charge in [0, 0.05) is 15.6 Å². The van der Waals surface area contributed by atoms with Gasteiger partial charge in [-0.15, -0.1) is 0 Å². The topological polar surface area (TPSA) is 56.8 Å². The molecule has 0 aromatic heterocycles. The largest absolute Gasteiger partial charge is 0.434 e. The normalized spacial score (nSPS) is 19.3. The molecular formula is C19H25BrFNO4. The van der Waals surface area contributed by atoms with Crippen LogP contribution in [0.2, 0.25) is 0 Å². The van der Waals surface area contributed by atoms with Gasteiger partial charge >= 0.3 is 6.09 Å². The van der Waals surface area contributed by atoms with Crippen LogP contribution in [0.5, 0.6) is 0 Å². The summed E-state index contributed by atoms with van der Waals surface area (Å²) >= 11 is 3.23. The average Bonchev–Trinajstić information content (AvgIpc) is 2.47. The fraction of sp³-hybridized carbons (Fsp3) is 0.526. The van der Waals surface area contributed by atoms with Crippen LogP contribution in [0, 0.1) is 5.82 Å².